The minimum Gasteiger partial charge on any atom is -0.460 e. The van der Waals surface area contributed by atoms with Gasteiger partial charge in [-0.2, -0.15) is 0 Å². The maximum absolute atomic E-state index is 11.9. The summed E-state index contributed by atoms with van der Waals surface area (Å²) in [6.07, 6.45) is 0. The van der Waals surface area contributed by atoms with Crippen molar-refractivity contribution in [1.82, 2.24) is 0 Å². The molecule has 0 fully saturated rings. The lowest BCUT2D eigenvalue weighted by Crippen LogP contribution is -2.29. The van der Waals surface area contributed by atoms with Crippen LogP contribution in [0.1, 0.15) is 15.9 Å². The number of rotatable bonds is 10. The van der Waals surface area contributed by atoms with E-state index in [-0.39, 0.29) is 6.61 Å². The molecule has 2 rings (SSSR count). The Morgan fingerprint density at radius 3 is 2.61 bits per heavy atom. The second-order valence-corrected chi connectivity index (χ2v) is 4.93. The van der Waals surface area contributed by atoms with Gasteiger partial charge in [0.15, 0.2) is 0 Å². The summed E-state index contributed by atoms with van der Waals surface area (Å²) >= 11 is 0. The van der Waals surface area contributed by atoms with Crippen LogP contribution in [0.2, 0.25) is 0 Å². The van der Waals surface area contributed by atoms with Gasteiger partial charge in [-0.25, -0.2) is 4.79 Å². The summed E-state index contributed by atoms with van der Waals surface area (Å²) < 4.78 is 25.6. The van der Waals surface area contributed by atoms with E-state index in [2.05, 4.69) is 0 Å². The van der Waals surface area contributed by atoms with Crippen LogP contribution in [-0.2, 0) is 30.2 Å². The molecule has 7 nitrogen and oxygen atoms in total. The van der Waals surface area contributed by atoms with Gasteiger partial charge >= 0.3 is 13.1 Å². The molecule has 1 N–H and O–H groups in total. The average Bonchev–Trinajstić information content (AvgIpc) is 2.94. The van der Waals surface area contributed by atoms with Crippen LogP contribution < -0.4 is 5.46 Å². The van der Waals surface area contributed by atoms with Gasteiger partial charge < -0.3 is 28.6 Å². The number of hydrogen-bond donors (Lipinski definition) is 1. The topological polar surface area (TPSA) is 83.5 Å². The predicted octanol–water partition coefficient (Wildman–Crippen LogP) is -0.259. The Bertz CT molecular complexity index is 509. The van der Waals surface area contributed by atoms with Gasteiger partial charge in [0.25, 0.3) is 0 Å². The third kappa shape index (κ3) is 5.60. The van der Waals surface area contributed by atoms with E-state index in [1.165, 1.54) is 0 Å². The normalized spacial score (nSPS) is 13.2. The Labute approximate surface area is 135 Å². The minimum absolute atomic E-state index is 0.160. The van der Waals surface area contributed by atoms with Gasteiger partial charge in [0.1, 0.15) is 6.61 Å². The molecule has 0 aromatic heterocycles. The van der Waals surface area contributed by atoms with Crippen molar-refractivity contribution in [1.29, 1.82) is 0 Å². The lowest BCUT2D eigenvalue weighted by atomic mass is 9.79. The van der Waals surface area contributed by atoms with Crippen molar-refractivity contribution in [2.24, 2.45) is 0 Å². The van der Waals surface area contributed by atoms with E-state index in [9.17, 15) is 9.82 Å². The summed E-state index contributed by atoms with van der Waals surface area (Å²) in [6.45, 7) is 2.81. The van der Waals surface area contributed by atoms with E-state index in [0.29, 0.717) is 50.7 Å². The summed E-state index contributed by atoms with van der Waals surface area (Å²) in [5.74, 6) is -0.452. The van der Waals surface area contributed by atoms with E-state index < -0.39 is 13.1 Å². The number of benzene rings is 1. The molecule has 1 aromatic carbocycles. The molecular formula is C15H21BO7. The first-order valence-electron chi connectivity index (χ1n) is 7.46. The molecule has 0 spiro atoms. The molecule has 1 aliphatic rings. The first-order chi connectivity index (χ1) is 11.2. The van der Waals surface area contributed by atoms with Gasteiger partial charge in [-0.15, -0.1) is 0 Å². The van der Waals surface area contributed by atoms with Crippen LogP contribution in [0.15, 0.2) is 18.2 Å². The molecule has 0 bridgehead atoms. The van der Waals surface area contributed by atoms with E-state index in [0.717, 1.165) is 5.56 Å². The Morgan fingerprint density at radius 2 is 1.87 bits per heavy atom. The quantitative estimate of drug-likeness (QED) is 0.361. The van der Waals surface area contributed by atoms with Gasteiger partial charge in [0.05, 0.1) is 45.2 Å². The summed E-state index contributed by atoms with van der Waals surface area (Å²) in [7, 11) is 0.641. The molecule has 23 heavy (non-hydrogen) atoms. The van der Waals surface area contributed by atoms with Gasteiger partial charge in [0.2, 0.25) is 0 Å². The van der Waals surface area contributed by atoms with Crippen LogP contribution in [0.25, 0.3) is 0 Å². The zero-order valence-corrected chi connectivity index (χ0v) is 13.2. The van der Waals surface area contributed by atoms with Crippen molar-refractivity contribution in [3.63, 3.8) is 0 Å². The lowest BCUT2D eigenvalue weighted by Gasteiger charge is -2.08. The fourth-order valence-electron chi connectivity index (χ4n) is 2.08. The summed E-state index contributed by atoms with van der Waals surface area (Å²) in [4.78, 5) is 11.9. The summed E-state index contributed by atoms with van der Waals surface area (Å²) in [5, 5.41) is 9.62. The zero-order chi connectivity index (χ0) is 16.5. The number of fused-ring (bicyclic) bond motifs is 1. The highest BCUT2D eigenvalue weighted by Crippen LogP contribution is 2.12. The molecule has 126 valence electrons. The summed E-state index contributed by atoms with van der Waals surface area (Å²) in [5.41, 5.74) is 1.88. The second-order valence-electron chi connectivity index (χ2n) is 4.93. The van der Waals surface area contributed by atoms with Crippen molar-refractivity contribution in [2.75, 3.05) is 46.8 Å². The van der Waals surface area contributed by atoms with Crippen LogP contribution in [0.5, 0.6) is 0 Å². The van der Waals surface area contributed by atoms with Crippen molar-refractivity contribution in [3.05, 3.63) is 29.3 Å². The number of carbonyl (C=O) groups is 1. The SMILES string of the molecule is COCCOCCOCCOC(=O)c1ccc2c(c1)B(O)OC2. The number of esters is 1. The number of carbonyl (C=O) groups excluding carboxylic acids is 1. The fraction of sp³-hybridized carbons (Fsp3) is 0.533. The van der Waals surface area contributed by atoms with Crippen molar-refractivity contribution >= 4 is 18.6 Å². The molecule has 1 aromatic rings. The predicted molar refractivity (Wildman–Crippen MR) is 82.6 cm³/mol. The number of ether oxygens (including phenoxy) is 4. The Hall–Kier alpha value is -1.45. The van der Waals surface area contributed by atoms with Gasteiger partial charge in [-0.3, -0.25) is 0 Å². The van der Waals surface area contributed by atoms with Crippen molar-refractivity contribution < 1.29 is 33.4 Å². The minimum atomic E-state index is -0.973. The molecule has 0 amide bonds. The fourth-order valence-corrected chi connectivity index (χ4v) is 2.08. The average molecular weight is 324 g/mol. The standard InChI is InChI=1S/C15H21BO7/c1-19-4-5-20-6-7-21-8-9-22-15(17)12-2-3-13-11-23-16(18)14(13)10-12/h2-3,10,18H,4-9,11H2,1H3. The summed E-state index contributed by atoms with van der Waals surface area (Å²) in [6, 6.07) is 5.02. The van der Waals surface area contributed by atoms with E-state index in [1.807, 2.05) is 0 Å². The molecule has 1 aliphatic heterocycles. The zero-order valence-electron chi connectivity index (χ0n) is 13.2. The Balaban J connectivity index is 1.61. The Kier molecular flexibility index (Phi) is 7.50. The van der Waals surface area contributed by atoms with Gasteiger partial charge in [-0.1, -0.05) is 6.07 Å². The van der Waals surface area contributed by atoms with Gasteiger partial charge in [0, 0.05) is 7.11 Å². The lowest BCUT2D eigenvalue weighted by molar-refractivity contribution is 0.00570. The van der Waals surface area contributed by atoms with Crippen LogP contribution >= 0.6 is 0 Å². The van der Waals surface area contributed by atoms with E-state index in [4.69, 9.17) is 23.6 Å². The third-order valence-electron chi connectivity index (χ3n) is 3.31. The maximum Gasteiger partial charge on any atom is 0.491 e. The number of hydrogen-bond acceptors (Lipinski definition) is 7. The van der Waals surface area contributed by atoms with Crippen LogP contribution in [0.4, 0.5) is 0 Å². The smallest absolute Gasteiger partial charge is 0.460 e. The molecule has 0 saturated carbocycles. The van der Waals surface area contributed by atoms with Crippen LogP contribution in [0, 0.1) is 0 Å². The van der Waals surface area contributed by atoms with Crippen LogP contribution in [-0.4, -0.2) is 64.9 Å². The molecular weight excluding hydrogens is 303 g/mol. The molecule has 0 aliphatic carbocycles. The highest BCUT2D eigenvalue weighted by Gasteiger charge is 2.28. The number of methoxy groups -OCH3 is 1. The van der Waals surface area contributed by atoms with Crippen molar-refractivity contribution in [2.45, 2.75) is 6.61 Å². The van der Waals surface area contributed by atoms with Gasteiger partial charge in [-0.05, 0) is 23.2 Å². The van der Waals surface area contributed by atoms with Crippen LogP contribution in [0.3, 0.4) is 0 Å². The molecule has 0 saturated heterocycles. The molecule has 0 atom stereocenters. The highest BCUT2D eigenvalue weighted by atomic mass is 16.6. The van der Waals surface area contributed by atoms with Crippen molar-refractivity contribution in [3.8, 4) is 0 Å². The molecule has 1 heterocycles. The second kappa shape index (κ2) is 9.64. The molecule has 0 unspecified atom stereocenters. The third-order valence-corrected chi connectivity index (χ3v) is 3.31. The first kappa shape index (κ1) is 17.9. The largest absolute Gasteiger partial charge is 0.491 e. The molecule has 0 radical (unpaired) electrons. The first-order valence-corrected chi connectivity index (χ1v) is 7.46. The maximum atomic E-state index is 11.9. The Morgan fingerprint density at radius 1 is 1.17 bits per heavy atom. The van der Waals surface area contributed by atoms with E-state index in [1.54, 1.807) is 25.3 Å². The highest BCUT2D eigenvalue weighted by molar-refractivity contribution is 6.61. The molecule has 8 heteroatoms. The van der Waals surface area contributed by atoms with E-state index >= 15 is 0 Å². The monoisotopic (exact) mass is 324 g/mol.